The Morgan fingerprint density at radius 2 is 1.86 bits per heavy atom. The van der Waals surface area contributed by atoms with Crippen LogP contribution >= 0.6 is 0 Å². The standard InChI is InChI=1S/C15H24N4O2/c1-3-8-17-14(20)10-19(2)11-15(21)18-13-7-5-4-6-12(13)9-16/h4-7H,3,8-11,16H2,1-2H3,(H,17,20)(H,18,21). The fourth-order valence-corrected chi connectivity index (χ4v) is 1.88. The van der Waals surface area contributed by atoms with Gasteiger partial charge in [0.1, 0.15) is 0 Å². The van der Waals surface area contributed by atoms with Crippen LogP contribution < -0.4 is 16.4 Å². The number of para-hydroxylation sites is 1. The van der Waals surface area contributed by atoms with Crippen LogP contribution in [0.4, 0.5) is 5.69 Å². The highest BCUT2D eigenvalue weighted by Gasteiger charge is 2.11. The van der Waals surface area contributed by atoms with E-state index in [2.05, 4.69) is 10.6 Å². The van der Waals surface area contributed by atoms with Gasteiger partial charge in [-0.15, -0.1) is 0 Å². The first kappa shape index (κ1) is 17.1. The predicted molar refractivity (Wildman–Crippen MR) is 83.8 cm³/mol. The van der Waals surface area contributed by atoms with Gasteiger partial charge in [0.05, 0.1) is 13.1 Å². The monoisotopic (exact) mass is 292 g/mol. The second kappa shape index (κ2) is 9.10. The van der Waals surface area contributed by atoms with Gasteiger partial charge in [-0.05, 0) is 25.1 Å². The maximum Gasteiger partial charge on any atom is 0.238 e. The van der Waals surface area contributed by atoms with Gasteiger partial charge in [-0.1, -0.05) is 25.1 Å². The van der Waals surface area contributed by atoms with Crippen LogP contribution in [0.1, 0.15) is 18.9 Å². The Morgan fingerprint density at radius 3 is 2.52 bits per heavy atom. The van der Waals surface area contributed by atoms with E-state index in [1.165, 1.54) is 0 Å². The Kier molecular flexibility index (Phi) is 7.42. The quantitative estimate of drug-likeness (QED) is 0.652. The molecule has 21 heavy (non-hydrogen) atoms. The van der Waals surface area contributed by atoms with E-state index in [1.807, 2.05) is 31.2 Å². The molecule has 0 aliphatic heterocycles. The van der Waals surface area contributed by atoms with Gasteiger partial charge in [-0.25, -0.2) is 0 Å². The van der Waals surface area contributed by atoms with Crippen LogP contribution in [0.5, 0.6) is 0 Å². The summed E-state index contributed by atoms with van der Waals surface area (Å²) in [6.07, 6.45) is 0.895. The fraction of sp³-hybridized carbons (Fsp3) is 0.467. The first-order valence-corrected chi connectivity index (χ1v) is 7.09. The van der Waals surface area contributed by atoms with Crippen molar-refractivity contribution in [2.45, 2.75) is 19.9 Å². The van der Waals surface area contributed by atoms with Crippen LogP contribution in [0.2, 0.25) is 0 Å². The molecule has 6 nitrogen and oxygen atoms in total. The molecule has 0 atom stereocenters. The smallest absolute Gasteiger partial charge is 0.238 e. The van der Waals surface area contributed by atoms with Gasteiger partial charge in [0, 0.05) is 18.8 Å². The van der Waals surface area contributed by atoms with E-state index in [0.717, 1.165) is 12.0 Å². The van der Waals surface area contributed by atoms with Gasteiger partial charge in [-0.2, -0.15) is 0 Å². The summed E-state index contributed by atoms with van der Waals surface area (Å²) < 4.78 is 0. The lowest BCUT2D eigenvalue weighted by Crippen LogP contribution is -2.39. The van der Waals surface area contributed by atoms with Gasteiger partial charge in [0.15, 0.2) is 0 Å². The zero-order valence-corrected chi connectivity index (χ0v) is 12.7. The molecule has 0 saturated heterocycles. The van der Waals surface area contributed by atoms with Crippen molar-refractivity contribution in [3.05, 3.63) is 29.8 Å². The summed E-state index contributed by atoms with van der Waals surface area (Å²) in [7, 11) is 1.74. The van der Waals surface area contributed by atoms with Gasteiger partial charge in [-0.3, -0.25) is 14.5 Å². The zero-order chi connectivity index (χ0) is 15.7. The molecule has 6 heteroatoms. The molecule has 0 unspecified atom stereocenters. The van der Waals surface area contributed by atoms with Crippen molar-refractivity contribution in [1.29, 1.82) is 0 Å². The normalized spacial score (nSPS) is 10.5. The highest BCUT2D eigenvalue weighted by atomic mass is 16.2. The Labute approximate surface area is 125 Å². The molecule has 1 rings (SSSR count). The highest BCUT2D eigenvalue weighted by Crippen LogP contribution is 2.13. The minimum absolute atomic E-state index is 0.0745. The lowest BCUT2D eigenvalue weighted by atomic mass is 10.2. The zero-order valence-electron chi connectivity index (χ0n) is 12.7. The Bertz CT molecular complexity index is 476. The molecule has 0 heterocycles. The van der Waals surface area contributed by atoms with E-state index >= 15 is 0 Å². The molecular formula is C15H24N4O2. The molecule has 0 aliphatic carbocycles. The lowest BCUT2D eigenvalue weighted by molar-refractivity contribution is -0.122. The predicted octanol–water partition coefficient (Wildman–Crippen LogP) is 0.542. The fourth-order valence-electron chi connectivity index (χ4n) is 1.88. The summed E-state index contributed by atoms with van der Waals surface area (Å²) in [5, 5.41) is 5.59. The number of nitrogens with one attached hydrogen (secondary N) is 2. The van der Waals surface area contributed by atoms with E-state index in [1.54, 1.807) is 11.9 Å². The number of amides is 2. The molecule has 0 aliphatic rings. The minimum Gasteiger partial charge on any atom is -0.355 e. The van der Waals surface area contributed by atoms with Gasteiger partial charge >= 0.3 is 0 Å². The van der Waals surface area contributed by atoms with Crippen LogP contribution in [0.25, 0.3) is 0 Å². The Morgan fingerprint density at radius 1 is 1.19 bits per heavy atom. The summed E-state index contributed by atoms with van der Waals surface area (Å²) in [6.45, 7) is 3.37. The average molecular weight is 292 g/mol. The van der Waals surface area contributed by atoms with Crippen molar-refractivity contribution in [3.8, 4) is 0 Å². The number of hydrogen-bond acceptors (Lipinski definition) is 4. The molecule has 0 radical (unpaired) electrons. The van der Waals surface area contributed by atoms with Crippen LogP contribution in [0, 0.1) is 0 Å². The Hall–Kier alpha value is -1.92. The summed E-state index contributed by atoms with van der Waals surface area (Å²) in [5.41, 5.74) is 7.23. The first-order valence-electron chi connectivity index (χ1n) is 7.09. The second-order valence-corrected chi connectivity index (χ2v) is 4.93. The molecule has 116 valence electrons. The number of nitrogens with zero attached hydrogens (tertiary/aromatic N) is 1. The third-order valence-corrected chi connectivity index (χ3v) is 2.91. The molecule has 0 saturated carbocycles. The van der Waals surface area contributed by atoms with Crippen LogP contribution in [0.3, 0.4) is 0 Å². The van der Waals surface area contributed by atoms with E-state index in [9.17, 15) is 9.59 Å². The van der Waals surface area contributed by atoms with Crippen LogP contribution in [0.15, 0.2) is 24.3 Å². The summed E-state index contributed by atoms with van der Waals surface area (Å²) in [4.78, 5) is 25.2. The van der Waals surface area contributed by atoms with Crippen molar-refractivity contribution < 1.29 is 9.59 Å². The van der Waals surface area contributed by atoms with Crippen LogP contribution in [-0.2, 0) is 16.1 Å². The van der Waals surface area contributed by atoms with E-state index < -0.39 is 0 Å². The third kappa shape index (κ3) is 6.37. The number of carbonyl (C=O) groups is 2. The molecule has 0 spiro atoms. The molecule has 1 aromatic rings. The number of anilines is 1. The minimum atomic E-state index is -0.165. The number of rotatable bonds is 8. The van der Waals surface area contributed by atoms with E-state index in [-0.39, 0.29) is 24.9 Å². The summed E-state index contributed by atoms with van der Waals surface area (Å²) in [5.74, 6) is -0.240. The number of nitrogens with two attached hydrogens (primary N) is 1. The van der Waals surface area contributed by atoms with Gasteiger partial charge in [0.2, 0.25) is 11.8 Å². The lowest BCUT2D eigenvalue weighted by Gasteiger charge is -2.16. The molecule has 4 N–H and O–H groups in total. The number of hydrogen-bond donors (Lipinski definition) is 3. The number of likely N-dealkylation sites (N-methyl/N-ethyl adjacent to an activating group) is 1. The van der Waals surface area contributed by atoms with Crippen molar-refractivity contribution in [3.63, 3.8) is 0 Å². The third-order valence-electron chi connectivity index (χ3n) is 2.91. The van der Waals surface area contributed by atoms with Crippen molar-refractivity contribution in [1.82, 2.24) is 10.2 Å². The van der Waals surface area contributed by atoms with Gasteiger partial charge < -0.3 is 16.4 Å². The van der Waals surface area contributed by atoms with Crippen molar-refractivity contribution in [2.75, 3.05) is 32.0 Å². The largest absolute Gasteiger partial charge is 0.355 e. The average Bonchev–Trinajstić information content (AvgIpc) is 2.45. The Balaban J connectivity index is 2.44. The van der Waals surface area contributed by atoms with E-state index in [0.29, 0.717) is 18.8 Å². The molecule has 2 amide bonds. The molecule has 1 aromatic carbocycles. The second-order valence-electron chi connectivity index (χ2n) is 4.93. The maximum atomic E-state index is 12.0. The van der Waals surface area contributed by atoms with E-state index in [4.69, 9.17) is 5.73 Å². The highest BCUT2D eigenvalue weighted by molar-refractivity contribution is 5.93. The van der Waals surface area contributed by atoms with Crippen molar-refractivity contribution in [2.24, 2.45) is 5.73 Å². The summed E-state index contributed by atoms with van der Waals surface area (Å²) in [6, 6.07) is 7.41. The van der Waals surface area contributed by atoms with Gasteiger partial charge in [0.25, 0.3) is 0 Å². The molecule has 0 bridgehead atoms. The summed E-state index contributed by atoms with van der Waals surface area (Å²) >= 11 is 0. The number of benzene rings is 1. The number of carbonyl (C=O) groups excluding carboxylic acids is 2. The maximum absolute atomic E-state index is 12.0. The SMILES string of the molecule is CCCNC(=O)CN(C)CC(=O)Nc1ccccc1CN. The molecule has 0 aromatic heterocycles. The van der Waals surface area contributed by atoms with Crippen LogP contribution in [-0.4, -0.2) is 43.4 Å². The van der Waals surface area contributed by atoms with Crippen molar-refractivity contribution >= 4 is 17.5 Å². The molecule has 0 fully saturated rings. The first-order chi connectivity index (χ1) is 10.1. The topological polar surface area (TPSA) is 87.5 Å². The molecular weight excluding hydrogens is 268 g/mol.